The van der Waals surface area contributed by atoms with E-state index in [-0.39, 0.29) is 36.6 Å². The molecule has 0 saturated carbocycles. The fraction of sp³-hybridized carbons (Fsp3) is 0.192. The van der Waals surface area contributed by atoms with E-state index in [0.717, 1.165) is 21.6 Å². The number of hydrogen-bond acceptors (Lipinski definition) is 3. The fourth-order valence-electron chi connectivity index (χ4n) is 3.92. The van der Waals surface area contributed by atoms with Gasteiger partial charge >= 0.3 is 0 Å². The molecule has 3 aromatic carbocycles. The molecule has 0 radical (unpaired) electrons. The molecule has 0 atom stereocenters. The molecule has 31 heavy (non-hydrogen) atoms. The summed E-state index contributed by atoms with van der Waals surface area (Å²) >= 11 is 0. The van der Waals surface area contributed by atoms with E-state index in [1.165, 1.54) is 0 Å². The van der Waals surface area contributed by atoms with Gasteiger partial charge in [-0.05, 0) is 30.2 Å². The van der Waals surface area contributed by atoms with E-state index in [9.17, 15) is 14.4 Å². The van der Waals surface area contributed by atoms with Gasteiger partial charge in [-0.3, -0.25) is 19.3 Å². The van der Waals surface area contributed by atoms with E-state index < -0.39 is 0 Å². The molecular formula is C26H24N2O3. The van der Waals surface area contributed by atoms with Gasteiger partial charge in [-0.2, -0.15) is 0 Å². The number of nitrogens with zero attached hydrogens (tertiary/aromatic N) is 1. The first kappa shape index (κ1) is 20.5. The number of aryl methyl sites for hydroxylation is 1. The third kappa shape index (κ3) is 4.40. The molecular weight excluding hydrogens is 388 g/mol. The van der Waals surface area contributed by atoms with Crippen LogP contribution >= 0.6 is 0 Å². The van der Waals surface area contributed by atoms with Crippen molar-refractivity contribution < 1.29 is 14.4 Å². The lowest BCUT2D eigenvalue weighted by atomic mass is 9.91. The molecule has 0 spiro atoms. The van der Waals surface area contributed by atoms with Crippen LogP contribution in [0.3, 0.4) is 0 Å². The summed E-state index contributed by atoms with van der Waals surface area (Å²) in [4.78, 5) is 38.8. The predicted octanol–water partition coefficient (Wildman–Crippen LogP) is 3.93. The first-order valence-corrected chi connectivity index (χ1v) is 10.4. The molecule has 3 aromatic rings. The largest absolute Gasteiger partial charge is 0.355 e. The summed E-state index contributed by atoms with van der Waals surface area (Å²) in [7, 11) is 0. The van der Waals surface area contributed by atoms with Gasteiger partial charge < -0.3 is 5.32 Å². The zero-order chi connectivity index (χ0) is 21.8. The predicted molar refractivity (Wildman–Crippen MR) is 119 cm³/mol. The van der Waals surface area contributed by atoms with Crippen molar-refractivity contribution in [1.82, 2.24) is 10.2 Å². The summed E-state index contributed by atoms with van der Waals surface area (Å²) in [5, 5.41) is 2.98. The molecule has 0 unspecified atom stereocenters. The lowest BCUT2D eigenvalue weighted by Gasteiger charge is -2.19. The van der Waals surface area contributed by atoms with Gasteiger partial charge in [0.2, 0.25) is 5.91 Å². The van der Waals surface area contributed by atoms with Crippen LogP contribution < -0.4 is 5.32 Å². The van der Waals surface area contributed by atoms with Gasteiger partial charge in [0.05, 0.1) is 11.1 Å². The molecule has 0 aliphatic carbocycles. The van der Waals surface area contributed by atoms with Gasteiger partial charge in [0.25, 0.3) is 11.8 Å². The topological polar surface area (TPSA) is 66.5 Å². The molecule has 4 rings (SSSR count). The Labute approximate surface area is 181 Å². The van der Waals surface area contributed by atoms with Gasteiger partial charge in [-0.25, -0.2) is 0 Å². The first-order chi connectivity index (χ1) is 15.0. The highest BCUT2D eigenvalue weighted by Crippen LogP contribution is 2.25. The maximum atomic E-state index is 12.6. The zero-order valence-electron chi connectivity index (χ0n) is 17.4. The Morgan fingerprint density at radius 1 is 0.839 bits per heavy atom. The Morgan fingerprint density at radius 2 is 1.42 bits per heavy atom. The van der Waals surface area contributed by atoms with Crippen molar-refractivity contribution in [2.75, 3.05) is 13.1 Å². The second-order valence-corrected chi connectivity index (χ2v) is 7.74. The number of imide groups is 1. The molecule has 156 valence electrons. The van der Waals surface area contributed by atoms with E-state index in [1.807, 2.05) is 73.7 Å². The summed E-state index contributed by atoms with van der Waals surface area (Å²) in [6.45, 7) is 2.39. The minimum atomic E-state index is -0.334. The number of hydrogen-bond donors (Lipinski definition) is 1. The zero-order valence-corrected chi connectivity index (χ0v) is 17.4. The van der Waals surface area contributed by atoms with E-state index in [4.69, 9.17) is 0 Å². The summed E-state index contributed by atoms with van der Waals surface area (Å²) < 4.78 is 0. The maximum absolute atomic E-state index is 12.6. The van der Waals surface area contributed by atoms with Gasteiger partial charge in [0.1, 0.15) is 0 Å². The molecule has 1 aliphatic heterocycles. The number of nitrogens with one attached hydrogen (secondary N) is 1. The Bertz CT molecular complexity index is 1070. The summed E-state index contributed by atoms with van der Waals surface area (Å²) in [6, 6.07) is 25.3. The Kier molecular flexibility index (Phi) is 5.94. The van der Waals surface area contributed by atoms with Crippen LogP contribution in [-0.4, -0.2) is 35.7 Å². The van der Waals surface area contributed by atoms with Crippen LogP contribution in [0.1, 0.15) is 49.7 Å². The van der Waals surface area contributed by atoms with Crippen LogP contribution in [-0.2, 0) is 4.79 Å². The van der Waals surface area contributed by atoms with E-state index in [0.29, 0.717) is 17.7 Å². The SMILES string of the molecule is Cc1ccc2c(c1)C(=O)N(CCC(=O)NCC(c1ccccc1)c1ccccc1)C2=O. The number of rotatable bonds is 7. The highest BCUT2D eigenvalue weighted by Gasteiger charge is 2.35. The molecule has 0 bridgehead atoms. The Hall–Kier alpha value is -3.73. The van der Waals surface area contributed by atoms with E-state index in [2.05, 4.69) is 5.32 Å². The first-order valence-electron chi connectivity index (χ1n) is 10.4. The highest BCUT2D eigenvalue weighted by molar-refractivity contribution is 6.21. The Balaban J connectivity index is 1.38. The van der Waals surface area contributed by atoms with Crippen LogP contribution in [0.4, 0.5) is 0 Å². The molecule has 0 fully saturated rings. The van der Waals surface area contributed by atoms with Crippen LogP contribution in [0.15, 0.2) is 78.9 Å². The molecule has 5 heteroatoms. The molecule has 1 heterocycles. The number of amides is 3. The molecule has 3 amide bonds. The molecule has 1 aliphatic rings. The number of carbonyl (C=O) groups is 3. The third-order valence-corrected chi connectivity index (χ3v) is 5.60. The second kappa shape index (κ2) is 8.96. The van der Waals surface area contributed by atoms with Crippen molar-refractivity contribution in [3.8, 4) is 0 Å². The third-order valence-electron chi connectivity index (χ3n) is 5.60. The number of fused-ring (bicyclic) bond motifs is 1. The van der Waals surface area contributed by atoms with Gasteiger partial charge in [0, 0.05) is 25.4 Å². The molecule has 0 saturated heterocycles. The van der Waals surface area contributed by atoms with Gasteiger partial charge in [-0.15, -0.1) is 0 Å². The quantitative estimate of drug-likeness (QED) is 0.598. The van der Waals surface area contributed by atoms with Crippen molar-refractivity contribution in [3.63, 3.8) is 0 Å². The van der Waals surface area contributed by atoms with Crippen molar-refractivity contribution in [2.24, 2.45) is 0 Å². The van der Waals surface area contributed by atoms with Gasteiger partial charge in [-0.1, -0.05) is 72.3 Å². The van der Waals surface area contributed by atoms with Gasteiger partial charge in [0.15, 0.2) is 0 Å². The fourth-order valence-corrected chi connectivity index (χ4v) is 3.92. The highest BCUT2D eigenvalue weighted by atomic mass is 16.2. The number of benzene rings is 3. The van der Waals surface area contributed by atoms with Crippen molar-refractivity contribution >= 4 is 17.7 Å². The van der Waals surface area contributed by atoms with Crippen molar-refractivity contribution in [3.05, 3.63) is 107 Å². The van der Waals surface area contributed by atoms with Crippen LogP contribution in [0.25, 0.3) is 0 Å². The van der Waals surface area contributed by atoms with Crippen molar-refractivity contribution in [2.45, 2.75) is 19.3 Å². The second-order valence-electron chi connectivity index (χ2n) is 7.74. The number of carbonyl (C=O) groups excluding carboxylic acids is 3. The summed E-state index contributed by atoms with van der Waals surface area (Å²) in [5.41, 5.74) is 3.98. The summed E-state index contributed by atoms with van der Waals surface area (Å²) in [5.74, 6) is -0.833. The lowest BCUT2D eigenvalue weighted by molar-refractivity contribution is -0.121. The molecule has 1 N–H and O–H groups in total. The maximum Gasteiger partial charge on any atom is 0.261 e. The van der Waals surface area contributed by atoms with Crippen LogP contribution in [0.5, 0.6) is 0 Å². The summed E-state index contributed by atoms with van der Waals surface area (Å²) in [6.07, 6.45) is 0.0702. The molecule has 5 nitrogen and oxygen atoms in total. The van der Waals surface area contributed by atoms with Crippen molar-refractivity contribution in [1.29, 1.82) is 0 Å². The van der Waals surface area contributed by atoms with E-state index in [1.54, 1.807) is 12.1 Å². The normalized spacial score (nSPS) is 12.9. The van der Waals surface area contributed by atoms with E-state index >= 15 is 0 Å². The monoisotopic (exact) mass is 412 g/mol. The molecule has 0 aromatic heterocycles. The standard InChI is InChI=1S/C26H24N2O3/c1-18-12-13-21-22(16-18)26(31)28(25(21)30)15-14-24(29)27-17-23(19-8-4-2-5-9-19)20-10-6-3-7-11-20/h2-13,16,23H,14-15,17H2,1H3,(H,27,29). The van der Waals surface area contributed by atoms with Crippen LogP contribution in [0.2, 0.25) is 0 Å². The van der Waals surface area contributed by atoms with Crippen LogP contribution in [0, 0.1) is 6.92 Å². The Morgan fingerprint density at radius 3 is 2.03 bits per heavy atom. The smallest absolute Gasteiger partial charge is 0.261 e. The lowest BCUT2D eigenvalue weighted by Crippen LogP contribution is -2.35. The minimum Gasteiger partial charge on any atom is -0.355 e. The average Bonchev–Trinajstić information content (AvgIpc) is 3.03. The average molecular weight is 412 g/mol. The minimum absolute atomic E-state index is 0.0219.